The number of aldehydes is 1. The van der Waals surface area contributed by atoms with Crippen LogP contribution in [0.2, 0.25) is 0 Å². The summed E-state index contributed by atoms with van der Waals surface area (Å²) in [6, 6.07) is 1.83. The number of nitrogens with one attached hydrogen (secondary N) is 1. The maximum atomic E-state index is 10.8. The highest BCUT2D eigenvalue weighted by atomic mass is 16.1. The molecule has 2 aromatic heterocycles. The van der Waals surface area contributed by atoms with Crippen LogP contribution in [0, 0.1) is 13.8 Å². The van der Waals surface area contributed by atoms with E-state index in [1.807, 2.05) is 31.4 Å². The highest BCUT2D eigenvalue weighted by Crippen LogP contribution is 2.21. The van der Waals surface area contributed by atoms with E-state index < -0.39 is 0 Å². The fraction of sp³-hybridized carbons (Fsp3) is 0.400. The van der Waals surface area contributed by atoms with Gasteiger partial charge in [0, 0.05) is 17.0 Å². The van der Waals surface area contributed by atoms with Gasteiger partial charge in [0.15, 0.2) is 12.1 Å². The van der Waals surface area contributed by atoms with Gasteiger partial charge in [0.05, 0.1) is 6.04 Å². The summed E-state index contributed by atoms with van der Waals surface area (Å²) in [6.07, 6.45) is 0.863. The molecule has 6 nitrogen and oxygen atoms in total. The number of H-pyrrole nitrogens is 1. The van der Waals surface area contributed by atoms with E-state index in [1.165, 1.54) is 0 Å². The molecule has 0 spiro atoms. The number of hydrogen-bond acceptors (Lipinski definition) is 4. The number of tetrazole rings is 1. The summed E-state index contributed by atoms with van der Waals surface area (Å²) in [6.45, 7) is 5.84. The molecule has 1 unspecified atom stereocenters. The van der Waals surface area contributed by atoms with Crippen LogP contribution in [-0.2, 0) is 0 Å². The molecule has 2 heterocycles. The largest absolute Gasteiger partial charge is 0.338 e. The smallest absolute Gasteiger partial charge is 0.196 e. The summed E-state index contributed by atoms with van der Waals surface area (Å²) in [5.41, 5.74) is 2.63. The van der Waals surface area contributed by atoms with Gasteiger partial charge in [-0.25, -0.2) is 0 Å². The van der Waals surface area contributed by atoms with Crippen molar-refractivity contribution < 1.29 is 4.79 Å². The van der Waals surface area contributed by atoms with Crippen molar-refractivity contribution in [2.45, 2.75) is 26.8 Å². The minimum Gasteiger partial charge on any atom is -0.338 e. The van der Waals surface area contributed by atoms with Gasteiger partial charge in [-0.1, -0.05) is 5.21 Å². The van der Waals surface area contributed by atoms with Gasteiger partial charge in [0.25, 0.3) is 0 Å². The third kappa shape index (κ3) is 1.52. The summed E-state index contributed by atoms with van der Waals surface area (Å²) in [4.78, 5) is 10.8. The average Bonchev–Trinajstić information content (AvgIpc) is 2.86. The van der Waals surface area contributed by atoms with Crippen LogP contribution < -0.4 is 0 Å². The Bertz CT molecular complexity index is 500. The zero-order chi connectivity index (χ0) is 11.7. The maximum absolute atomic E-state index is 10.8. The predicted octanol–water partition coefficient (Wildman–Crippen LogP) is 1.04. The number of carbonyl (C=O) groups excluding carboxylic acids is 1. The van der Waals surface area contributed by atoms with E-state index in [4.69, 9.17) is 0 Å². The highest BCUT2D eigenvalue weighted by Gasteiger charge is 2.18. The molecule has 0 bridgehead atoms. The topological polar surface area (TPSA) is 76.5 Å². The van der Waals surface area contributed by atoms with E-state index in [-0.39, 0.29) is 6.04 Å². The molecule has 0 aliphatic heterocycles. The molecular weight excluding hydrogens is 206 g/mol. The molecular formula is C10H13N5O. The van der Waals surface area contributed by atoms with Gasteiger partial charge in [-0.15, -0.1) is 10.2 Å². The number of aryl methyl sites for hydroxylation is 1. The van der Waals surface area contributed by atoms with Gasteiger partial charge in [0.1, 0.15) is 0 Å². The van der Waals surface area contributed by atoms with Crippen molar-refractivity contribution in [2.75, 3.05) is 0 Å². The van der Waals surface area contributed by atoms with Crippen molar-refractivity contribution in [2.24, 2.45) is 0 Å². The molecule has 0 saturated carbocycles. The van der Waals surface area contributed by atoms with Crippen molar-refractivity contribution in [3.05, 3.63) is 28.8 Å². The van der Waals surface area contributed by atoms with Crippen molar-refractivity contribution in [3.63, 3.8) is 0 Å². The molecule has 0 radical (unpaired) electrons. The normalized spacial score (nSPS) is 12.7. The molecule has 1 N–H and O–H groups in total. The third-order valence-electron chi connectivity index (χ3n) is 2.77. The molecule has 0 amide bonds. The van der Waals surface area contributed by atoms with E-state index in [2.05, 4.69) is 20.6 Å². The number of rotatable bonds is 3. The summed E-state index contributed by atoms with van der Waals surface area (Å²) in [7, 11) is 0. The van der Waals surface area contributed by atoms with E-state index in [0.717, 1.165) is 17.7 Å². The van der Waals surface area contributed by atoms with E-state index in [1.54, 1.807) is 0 Å². The van der Waals surface area contributed by atoms with Crippen LogP contribution in [0.3, 0.4) is 0 Å². The van der Waals surface area contributed by atoms with Crippen molar-refractivity contribution >= 4 is 6.29 Å². The second-order valence-electron chi connectivity index (χ2n) is 3.76. The Morgan fingerprint density at radius 3 is 2.75 bits per heavy atom. The van der Waals surface area contributed by atoms with Crippen LogP contribution in [0.25, 0.3) is 0 Å². The number of carbonyl (C=O) groups is 1. The molecule has 2 rings (SSSR count). The number of hydrogen-bond donors (Lipinski definition) is 1. The highest BCUT2D eigenvalue weighted by molar-refractivity contribution is 5.77. The Balaban J connectivity index is 2.48. The van der Waals surface area contributed by atoms with Crippen LogP contribution in [0.4, 0.5) is 0 Å². The molecule has 0 aliphatic carbocycles. The quantitative estimate of drug-likeness (QED) is 0.782. The van der Waals surface area contributed by atoms with Gasteiger partial charge < -0.3 is 4.57 Å². The summed E-state index contributed by atoms with van der Waals surface area (Å²) in [5, 5.41) is 13.9. The number of aromatic nitrogens is 5. The zero-order valence-electron chi connectivity index (χ0n) is 9.43. The first-order valence-corrected chi connectivity index (χ1v) is 5.02. The SMILES string of the molecule is Cc1cc(C=O)c(C)n1C(C)c1nn[nH]n1. The minimum atomic E-state index is -0.0348. The molecule has 0 fully saturated rings. The Morgan fingerprint density at radius 2 is 2.25 bits per heavy atom. The Labute approximate surface area is 92.7 Å². The van der Waals surface area contributed by atoms with Crippen molar-refractivity contribution in [3.8, 4) is 0 Å². The minimum absolute atomic E-state index is 0.0348. The van der Waals surface area contributed by atoms with E-state index in [9.17, 15) is 4.79 Å². The van der Waals surface area contributed by atoms with Gasteiger partial charge in [-0.05, 0) is 26.8 Å². The second kappa shape index (κ2) is 3.88. The molecule has 84 valence electrons. The van der Waals surface area contributed by atoms with Gasteiger partial charge in [0.2, 0.25) is 0 Å². The van der Waals surface area contributed by atoms with Crippen molar-refractivity contribution in [1.29, 1.82) is 0 Å². The van der Waals surface area contributed by atoms with E-state index >= 15 is 0 Å². The van der Waals surface area contributed by atoms with Gasteiger partial charge in [-0.2, -0.15) is 5.21 Å². The van der Waals surface area contributed by atoms with Gasteiger partial charge >= 0.3 is 0 Å². The fourth-order valence-corrected chi connectivity index (χ4v) is 1.98. The lowest BCUT2D eigenvalue weighted by Gasteiger charge is -2.14. The monoisotopic (exact) mass is 219 g/mol. The Morgan fingerprint density at radius 1 is 1.50 bits per heavy atom. The summed E-state index contributed by atoms with van der Waals surface area (Å²) >= 11 is 0. The molecule has 0 aliphatic rings. The lowest BCUT2D eigenvalue weighted by Crippen LogP contribution is -2.12. The second-order valence-corrected chi connectivity index (χ2v) is 3.76. The fourth-order valence-electron chi connectivity index (χ4n) is 1.98. The maximum Gasteiger partial charge on any atom is 0.196 e. The standard InChI is InChI=1S/C10H13N5O/c1-6-4-9(5-16)7(2)15(6)8(3)10-11-13-14-12-10/h4-5,8H,1-3H3,(H,11,12,13,14). The lowest BCUT2D eigenvalue weighted by atomic mass is 10.2. The Kier molecular flexibility index (Phi) is 2.55. The molecule has 0 aromatic carbocycles. The molecule has 1 atom stereocenters. The summed E-state index contributed by atoms with van der Waals surface area (Å²) in [5.74, 6) is 0.610. The Hall–Kier alpha value is -1.98. The van der Waals surface area contributed by atoms with Gasteiger partial charge in [-0.3, -0.25) is 4.79 Å². The first-order valence-electron chi connectivity index (χ1n) is 5.02. The first kappa shape index (κ1) is 10.5. The van der Waals surface area contributed by atoms with Crippen LogP contribution >= 0.6 is 0 Å². The van der Waals surface area contributed by atoms with E-state index in [0.29, 0.717) is 11.4 Å². The summed E-state index contributed by atoms with van der Waals surface area (Å²) < 4.78 is 2.02. The zero-order valence-corrected chi connectivity index (χ0v) is 9.43. The van der Waals surface area contributed by atoms with Crippen LogP contribution in [0.1, 0.15) is 40.5 Å². The lowest BCUT2D eigenvalue weighted by molar-refractivity contribution is 0.112. The predicted molar refractivity (Wildman–Crippen MR) is 57.3 cm³/mol. The number of aromatic amines is 1. The molecule has 0 saturated heterocycles. The van der Waals surface area contributed by atoms with Crippen molar-refractivity contribution in [1.82, 2.24) is 25.2 Å². The molecule has 2 aromatic rings. The van der Waals surface area contributed by atoms with Crippen LogP contribution in [0.5, 0.6) is 0 Å². The molecule has 16 heavy (non-hydrogen) atoms. The number of nitrogens with zero attached hydrogens (tertiary/aromatic N) is 4. The first-order chi connectivity index (χ1) is 7.65. The average molecular weight is 219 g/mol. The molecule has 6 heteroatoms. The van der Waals surface area contributed by atoms with Crippen LogP contribution in [-0.4, -0.2) is 31.5 Å². The van der Waals surface area contributed by atoms with Crippen LogP contribution in [0.15, 0.2) is 6.07 Å². The third-order valence-corrected chi connectivity index (χ3v) is 2.77.